The van der Waals surface area contributed by atoms with Gasteiger partial charge in [-0.1, -0.05) is 18.2 Å². The van der Waals surface area contributed by atoms with Crippen LogP contribution in [0.2, 0.25) is 0 Å². The number of ether oxygens (including phenoxy) is 1. The number of para-hydroxylation sites is 1. The molecule has 0 bridgehead atoms. The second-order valence-electron chi connectivity index (χ2n) is 18.2. The molecular weight excluding hydrogens is 966 g/mol. The van der Waals surface area contributed by atoms with E-state index in [0.29, 0.717) is 80.1 Å². The molecule has 358 valence electrons. The van der Waals surface area contributed by atoms with Crippen LogP contribution in [0.5, 0.6) is 5.75 Å². The summed E-state index contributed by atoms with van der Waals surface area (Å²) in [6.45, 7) is 9.39. The zero-order chi connectivity index (χ0) is 48.1. The van der Waals surface area contributed by atoms with Crippen LogP contribution in [0.25, 0.3) is 32.9 Å². The molecule has 69 heavy (non-hydrogen) atoms. The van der Waals surface area contributed by atoms with E-state index in [1.807, 2.05) is 49.8 Å². The molecule has 0 aliphatic carbocycles. The summed E-state index contributed by atoms with van der Waals surface area (Å²) in [4.78, 5) is 46.8. The number of imide groups is 1. The second-order valence-corrected chi connectivity index (χ2v) is 22.2. The molecule has 3 fully saturated rings. The minimum absolute atomic E-state index is 0.161. The van der Waals surface area contributed by atoms with Crippen LogP contribution in [0.3, 0.4) is 0 Å². The average molecular weight is 1020 g/mol. The van der Waals surface area contributed by atoms with Crippen molar-refractivity contribution >= 4 is 102 Å². The topological polar surface area (TPSA) is 184 Å². The Labute approximate surface area is 406 Å². The summed E-state index contributed by atoms with van der Waals surface area (Å²) >= 11 is 3.61. The standard InChI is InChI=1S/C48H53BrFN14O4P/c1-59-28-30(24-53-59)32-21-37(55-47-52-25-34(49)45(57-47)54-38-26-51-36-9-7-6-8-31(36)44(38)69(4,5)67)42(68-3)23-40(32)62-13-10-29(11-14-62)27-61-16-18-63(19-17-61)41-22-39-33(20-35(41)50)46(58-60(39)2)64-15-12-43(65)56-48(64)66/h6-9,20-26,28-29H,10-19,27H2,1-5H3,(H,56,65,66)(H2,52,54,55,57). The number of nitrogens with one attached hydrogen (secondary N) is 3. The number of aryl methyl sites for hydroxylation is 2. The number of hydrogen-bond acceptors (Lipinski definition) is 14. The van der Waals surface area contributed by atoms with Gasteiger partial charge in [-0.2, -0.15) is 15.2 Å². The third kappa shape index (κ3) is 9.32. The minimum Gasteiger partial charge on any atom is -0.494 e. The number of fused-ring (bicyclic) bond motifs is 2. The van der Waals surface area contributed by atoms with Crippen molar-refractivity contribution in [2.75, 3.05) is 98.1 Å². The molecule has 4 aromatic heterocycles. The van der Waals surface area contributed by atoms with Gasteiger partial charge in [0.25, 0.3) is 0 Å². The summed E-state index contributed by atoms with van der Waals surface area (Å²) in [6, 6.07) is 14.6. The van der Waals surface area contributed by atoms with E-state index in [1.165, 1.54) is 11.0 Å². The van der Waals surface area contributed by atoms with Crippen molar-refractivity contribution in [3.05, 3.63) is 83.6 Å². The molecule has 3 amide bonds. The molecule has 0 unspecified atom stereocenters. The molecule has 0 atom stereocenters. The molecule has 3 N–H and O–H groups in total. The van der Waals surface area contributed by atoms with E-state index in [9.17, 15) is 14.2 Å². The summed E-state index contributed by atoms with van der Waals surface area (Å²) in [7, 11) is 2.59. The van der Waals surface area contributed by atoms with Crippen molar-refractivity contribution in [3.8, 4) is 16.9 Å². The number of nitrogens with zero attached hydrogens (tertiary/aromatic N) is 11. The average Bonchev–Trinajstić information content (AvgIpc) is 3.91. The molecule has 0 spiro atoms. The SMILES string of the molecule is COc1cc(N2CCC(CN3CCN(c4cc5c(cc4F)c(N4CCC(=O)NC4=O)nn5C)CC3)CC2)c(-c2cnn(C)c2)cc1Nc1ncc(Br)c(Nc2cnc3ccccc3c2P(C)(C)=O)n1. The van der Waals surface area contributed by atoms with E-state index >= 15 is 4.39 Å². The molecule has 7 aromatic rings. The van der Waals surface area contributed by atoms with Crippen molar-refractivity contribution in [3.63, 3.8) is 0 Å². The zero-order valence-corrected chi connectivity index (χ0v) is 41.5. The van der Waals surface area contributed by atoms with Gasteiger partial charge in [0, 0.05) is 124 Å². The zero-order valence-electron chi connectivity index (χ0n) is 39.0. The van der Waals surface area contributed by atoms with Crippen LogP contribution in [0.4, 0.5) is 49.5 Å². The molecule has 3 aliphatic heterocycles. The third-order valence-electron chi connectivity index (χ3n) is 13.3. The Morgan fingerprint density at radius 3 is 2.38 bits per heavy atom. The van der Waals surface area contributed by atoms with Gasteiger partial charge in [0.1, 0.15) is 24.5 Å². The molecule has 18 nitrogen and oxygen atoms in total. The molecule has 10 rings (SSSR count). The van der Waals surface area contributed by atoms with Crippen LogP contribution in [0.15, 0.2) is 77.8 Å². The smallest absolute Gasteiger partial charge is 0.329 e. The van der Waals surface area contributed by atoms with E-state index in [2.05, 4.69) is 78.9 Å². The van der Waals surface area contributed by atoms with Gasteiger partial charge in [-0.15, -0.1) is 0 Å². The summed E-state index contributed by atoms with van der Waals surface area (Å²) in [6.07, 6.45) is 9.42. The fraction of sp³-hybridized carbons (Fsp3) is 0.354. The number of methoxy groups -OCH3 is 1. The van der Waals surface area contributed by atoms with Gasteiger partial charge < -0.3 is 29.7 Å². The van der Waals surface area contributed by atoms with Gasteiger partial charge >= 0.3 is 6.03 Å². The van der Waals surface area contributed by atoms with Crippen LogP contribution in [0.1, 0.15) is 19.3 Å². The maximum absolute atomic E-state index is 15.8. The lowest BCUT2D eigenvalue weighted by Gasteiger charge is -2.40. The summed E-state index contributed by atoms with van der Waals surface area (Å²) in [5.41, 5.74) is 6.29. The predicted molar refractivity (Wildman–Crippen MR) is 272 cm³/mol. The highest BCUT2D eigenvalue weighted by atomic mass is 79.9. The lowest BCUT2D eigenvalue weighted by atomic mass is 9.94. The Kier molecular flexibility index (Phi) is 12.5. The number of urea groups is 1. The molecular formula is C48H53BrFN14O4P. The Balaban J connectivity index is 0.814. The van der Waals surface area contributed by atoms with E-state index in [-0.39, 0.29) is 24.7 Å². The minimum atomic E-state index is -2.75. The van der Waals surface area contributed by atoms with Crippen LogP contribution in [-0.2, 0) is 23.5 Å². The molecule has 0 radical (unpaired) electrons. The summed E-state index contributed by atoms with van der Waals surface area (Å²) in [5.74, 6) is 1.58. The van der Waals surface area contributed by atoms with Gasteiger partial charge in [-0.05, 0) is 72.3 Å². The molecule has 0 saturated carbocycles. The highest BCUT2D eigenvalue weighted by Gasteiger charge is 2.31. The number of amides is 3. The number of rotatable bonds is 12. The lowest BCUT2D eigenvalue weighted by Crippen LogP contribution is -2.49. The predicted octanol–water partition coefficient (Wildman–Crippen LogP) is 7.44. The van der Waals surface area contributed by atoms with E-state index < -0.39 is 13.2 Å². The first-order valence-corrected chi connectivity index (χ1v) is 26.3. The van der Waals surface area contributed by atoms with Crippen LogP contribution in [-0.4, -0.2) is 124 Å². The molecule has 7 heterocycles. The summed E-state index contributed by atoms with van der Waals surface area (Å²) < 4.78 is 39.6. The van der Waals surface area contributed by atoms with Crippen molar-refractivity contribution in [1.82, 2.24) is 44.7 Å². The molecule has 3 saturated heterocycles. The molecule has 21 heteroatoms. The number of pyridine rings is 1. The first-order valence-electron chi connectivity index (χ1n) is 22.9. The number of carbonyl (C=O) groups excluding carboxylic acids is 2. The monoisotopic (exact) mass is 1020 g/mol. The van der Waals surface area contributed by atoms with Crippen LogP contribution in [0, 0.1) is 11.7 Å². The van der Waals surface area contributed by atoms with E-state index in [1.54, 1.807) is 49.2 Å². The van der Waals surface area contributed by atoms with Gasteiger partial charge in [0.15, 0.2) is 5.82 Å². The highest BCUT2D eigenvalue weighted by Crippen LogP contribution is 2.44. The number of hydrogen-bond donors (Lipinski definition) is 3. The normalized spacial score (nSPS) is 16.4. The van der Waals surface area contributed by atoms with Gasteiger partial charge in [0.05, 0.1) is 52.1 Å². The van der Waals surface area contributed by atoms with Crippen molar-refractivity contribution < 1.29 is 23.3 Å². The Bertz CT molecular complexity index is 3180. The lowest BCUT2D eigenvalue weighted by molar-refractivity contribution is -0.120. The number of piperidine rings is 1. The number of piperazine rings is 1. The van der Waals surface area contributed by atoms with Crippen LogP contribution >= 0.6 is 23.1 Å². The fourth-order valence-electron chi connectivity index (χ4n) is 9.80. The molecule has 3 aromatic carbocycles. The van der Waals surface area contributed by atoms with Crippen molar-refractivity contribution in [1.29, 1.82) is 0 Å². The molecule has 3 aliphatic rings. The number of anilines is 7. The fourth-order valence-corrected chi connectivity index (χ4v) is 11.6. The maximum atomic E-state index is 15.8. The maximum Gasteiger partial charge on any atom is 0.329 e. The second kappa shape index (κ2) is 18.7. The number of carbonyl (C=O) groups is 2. The highest BCUT2D eigenvalue weighted by molar-refractivity contribution is 9.10. The largest absolute Gasteiger partial charge is 0.494 e. The first-order chi connectivity index (χ1) is 33.2. The van der Waals surface area contributed by atoms with Gasteiger partial charge in [-0.3, -0.25) is 34.3 Å². The number of halogens is 2. The quantitative estimate of drug-likeness (QED) is 0.103. The summed E-state index contributed by atoms with van der Waals surface area (Å²) in [5, 5.41) is 20.2. The third-order valence-corrected chi connectivity index (χ3v) is 15.4. The van der Waals surface area contributed by atoms with Crippen molar-refractivity contribution in [2.24, 2.45) is 20.0 Å². The van der Waals surface area contributed by atoms with Gasteiger partial charge in [0.2, 0.25) is 11.9 Å². The Hall–Kier alpha value is -6.63. The van der Waals surface area contributed by atoms with Gasteiger partial charge in [-0.25, -0.2) is 14.2 Å². The Morgan fingerprint density at radius 2 is 1.65 bits per heavy atom. The van der Waals surface area contributed by atoms with E-state index in [4.69, 9.17) is 9.72 Å². The van der Waals surface area contributed by atoms with Crippen molar-refractivity contribution in [2.45, 2.75) is 19.3 Å². The van der Waals surface area contributed by atoms with Crippen LogP contribution < -0.4 is 40.7 Å². The Morgan fingerprint density at radius 1 is 0.884 bits per heavy atom. The number of aromatic nitrogens is 7. The van der Waals surface area contributed by atoms with E-state index in [0.717, 1.165) is 73.3 Å². The first kappa shape index (κ1) is 46.1. The number of benzene rings is 3.